The second-order valence-electron chi connectivity index (χ2n) is 6.20. The Bertz CT molecular complexity index is 601. The van der Waals surface area contributed by atoms with Crippen molar-refractivity contribution in [3.05, 3.63) is 34.2 Å². The fourth-order valence-electron chi connectivity index (χ4n) is 3.34. The molecular formula is C16H23N3O3. The van der Waals surface area contributed by atoms with Crippen LogP contribution in [0.25, 0.3) is 0 Å². The van der Waals surface area contributed by atoms with Gasteiger partial charge in [0.05, 0.1) is 13.2 Å². The summed E-state index contributed by atoms with van der Waals surface area (Å²) in [6.07, 6.45) is 5.04. The number of aryl methyl sites for hydroxylation is 1. The second kappa shape index (κ2) is 6.22. The molecule has 22 heavy (non-hydrogen) atoms. The van der Waals surface area contributed by atoms with E-state index in [1.807, 2.05) is 0 Å². The fourth-order valence-corrected chi connectivity index (χ4v) is 3.34. The van der Waals surface area contributed by atoms with Crippen LogP contribution < -0.4 is 10.9 Å². The normalized spacial score (nSPS) is 21.1. The predicted molar refractivity (Wildman–Crippen MR) is 83.0 cm³/mol. The number of hydrogen-bond acceptors (Lipinski definition) is 4. The summed E-state index contributed by atoms with van der Waals surface area (Å²) in [7, 11) is 1.65. The summed E-state index contributed by atoms with van der Waals surface area (Å²) < 4.78 is 6.84. The molecule has 1 aromatic heterocycles. The van der Waals surface area contributed by atoms with Gasteiger partial charge in [0.25, 0.3) is 11.5 Å². The molecule has 1 aliphatic carbocycles. The van der Waals surface area contributed by atoms with Gasteiger partial charge in [0.15, 0.2) is 0 Å². The Kier molecular flexibility index (Phi) is 4.31. The molecule has 1 N–H and O–H groups in total. The maximum Gasteiger partial charge on any atom is 0.263 e. The highest BCUT2D eigenvalue weighted by molar-refractivity contribution is 5.93. The first-order valence-electron chi connectivity index (χ1n) is 7.89. The van der Waals surface area contributed by atoms with Gasteiger partial charge in [0.1, 0.15) is 5.56 Å². The topological polar surface area (TPSA) is 63.6 Å². The van der Waals surface area contributed by atoms with Crippen LogP contribution in [-0.2, 0) is 11.8 Å². The van der Waals surface area contributed by atoms with E-state index >= 15 is 0 Å². The molecular weight excluding hydrogens is 282 g/mol. The highest BCUT2D eigenvalue weighted by Gasteiger charge is 2.43. The number of nitrogens with zero attached hydrogens (tertiary/aromatic N) is 2. The third kappa shape index (κ3) is 2.80. The molecule has 0 radical (unpaired) electrons. The Morgan fingerprint density at radius 3 is 2.73 bits per heavy atom. The van der Waals surface area contributed by atoms with Crippen molar-refractivity contribution < 1.29 is 9.53 Å². The van der Waals surface area contributed by atoms with E-state index < -0.39 is 0 Å². The summed E-state index contributed by atoms with van der Waals surface area (Å²) in [4.78, 5) is 26.7. The molecule has 2 aliphatic rings. The molecule has 1 saturated carbocycles. The molecule has 6 heteroatoms. The zero-order valence-electron chi connectivity index (χ0n) is 13.0. The van der Waals surface area contributed by atoms with Crippen LogP contribution in [0.2, 0.25) is 0 Å². The van der Waals surface area contributed by atoms with Crippen molar-refractivity contribution in [2.24, 2.45) is 7.05 Å². The van der Waals surface area contributed by atoms with Gasteiger partial charge in [-0.15, -0.1) is 0 Å². The molecule has 6 nitrogen and oxygen atoms in total. The van der Waals surface area contributed by atoms with Gasteiger partial charge in [0.2, 0.25) is 0 Å². The Balaban J connectivity index is 1.66. The minimum Gasteiger partial charge on any atom is -0.379 e. The first-order chi connectivity index (χ1) is 10.6. The Hall–Kier alpha value is -1.66. The molecule has 0 aromatic carbocycles. The van der Waals surface area contributed by atoms with E-state index in [2.05, 4.69) is 10.2 Å². The first-order valence-corrected chi connectivity index (χ1v) is 7.89. The average molecular weight is 305 g/mol. The zero-order valence-corrected chi connectivity index (χ0v) is 13.0. The Morgan fingerprint density at radius 2 is 2.09 bits per heavy atom. The number of ether oxygens (including phenoxy) is 1. The van der Waals surface area contributed by atoms with Gasteiger partial charge in [-0.1, -0.05) is 0 Å². The number of carbonyl (C=O) groups excluding carboxylic acids is 1. The summed E-state index contributed by atoms with van der Waals surface area (Å²) in [5.41, 5.74) is 0.00917. The van der Waals surface area contributed by atoms with Crippen LogP contribution in [0.15, 0.2) is 23.1 Å². The van der Waals surface area contributed by atoms with Crippen LogP contribution in [0, 0.1) is 0 Å². The molecule has 1 saturated heterocycles. The largest absolute Gasteiger partial charge is 0.379 e. The molecule has 1 amide bonds. The summed E-state index contributed by atoms with van der Waals surface area (Å²) in [6, 6.07) is 3.30. The average Bonchev–Trinajstić information content (AvgIpc) is 2.50. The van der Waals surface area contributed by atoms with Crippen molar-refractivity contribution in [1.82, 2.24) is 14.8 Å². The number of morpholine rings is 1. The standard InChI is InChI=1S/C16H23N3O3/c1-18-7-2-4-13(15(18)21)14(20)17-12-16(5-3-6-16)19-8-10-22-11-9-19/h2,4,7H,3,5-6,8-12H2,1H3,(H,17,20). The van der Waals surface area contributed by atoms with Crippen LogP contribution in [0.4, 0.5) is 0 Å². The lowest BCUT2D eigenvalue weighted by atomic mass is 9.75. The van der Waals surface area contributed by atoms with Gasteiger partial charge in [-0.05, 0) is 31.4 Å². The lowest BCUT2D eigenvalue weighted by Crippen LogP contribution is -2.62. The summed E-state index contributed by atoms with van der Waals surface area (Å²) in [6.45, 7) is 3.96. The smallest absolute Gasteiger partial charge is 0.263 e. The molecule has 3 rings (SSSR count). The Morgan fingerprint density at radius 1 is 1.36 bits per heavy atom. The number of amides is 1. The number of rotatable bonds is 4. The number of hydrogen-bond donors (Lipinski definition) is 1. The third-order valence-electron chi connectivity index (χ3n) is 4.91. The second-order valence-corrected chi connectivity index (χ2v) is 6.20. The minimum atomic E-state index is -0.277. The maximum atomic E-state index is 12.3. The molecule has 0 bridgehead atoms. The quantitative estimate of drug-likeness (QED) is 0.873. The number of pyridine rings is 1. The van der Waals surface area contributed by atoms with Gasteiger partial charge in [0, 0.05) is 38.4 Å². The molecule has 0 unspecified atom stereocenters. The van der Waals surface area contributed by atoms with Crippen LogP contribution in [-0.4, -0.2) is 53.8 Å². The van der Waals surface area contributed by atoms with E-state index in [1.54, 1.807) is 25.4 Å². The van der Waals surface area contributed by atoms with Crippen molar-refractivity contribution in [1.29, 1.82) is 0 Å². The predicted octanol–water partition coefficient (Wildman–Crippen LogP) is 0.370. The number of nitrogens with one attached hydrogen (secondary N) is 1. The third-order valence-corrected chi connectivity index (χ3v) is 4.91. The summed E-state index contributed by atoms with van der Waals surface area (Å²) in [5, 5.41) is 2.97. The SMILES string of the molecule is Cn1cccc(C(=O)NCC2(N3CCOCC3)CCC2)c1=O. The summed E-state index contributed by atoms with van der Waals surface area (Å²) in [5.74, 6) is -0.277. The van der Waals surface area contributed by atoms with E-state index in [0.29, 0.717) is 6.54 Å². The summed E-state index contributed by atoms with van der Waals surface area (Å²) >= 11 is 0. The molecule has 2 heterocycles. The lowest BCUT2D eigenvalue weighted by molar-refractivity contribution is -0.0540. The first kappa shape index (κ1) is 15.2. The number of carbonyl (C=O) groups is 1. The van der Waals surface area contributed by atoms with Crippen molar-refractivity contribution in [2.75, 3.05) is 32.8 Å². The van der Waals surface area contributed by atoms with Crippen molar-refractivity contribution in [3.8, 4) is 0 Å². The maximum absolute atomic E-state index is 12.3. The molecule has 1 aliphatic heterocycles. The van der Waals surface area contributed by atoms with Crippen molar-refractivity contribution in [2.45, 2.75) is 24.8 Å². The molecule has 2 fully saturated rings. The highest BCUT2D eigenvalue weighted by Crippen LogP contribution is 2.37. The van der Waals surface area contributed by atoms with E-state index in [9.17, 15) is 9.59 Å². The Labute approximate surface area is 130 Å². The van der Waals surface area contributed by atoms with E-state index in [0.717, 1.165) is 39.1 Å². The fraction of sp³-hybridized carbons (Fsp3) is 0.625. The van der Waals surface area contributed by atoms with Crippen LogP contribution in [0.5, 0.6) is 0 Å². The van der Waals surface area contributed by atoms with Gasteiger partial charge < -0.3 is 14.6 Å². The van der Waals surface area contributed by atoms with E-state index in [1.165, 1.54) is 11.0 Å². The van der Waals surface area contributed by atoms with Crippen molar-refractivity contribution in [3.63, 3.8) is 0 Å². The monoisotopic (exact) mass is 305 g/mol. The van der Waals surface area contributed by atoms with Crippen LogP contribution in [0.3, 0.4) is 0 Å². The van der Waals surface area contributed by atoms with Crippen LogP contribution in [0.1, 0.15) is 29.6 Å². The van der Waals surface area contributed by atoms with Crippen molar-refractivity contribution >= 4 is 5.91 Å². The molecule has 0 spiro atoms. The number of aromatic nitrogens is 1. The molecule has 120 valence electrons. The molecule has 0 atom stereocenters. The zero-order chi connectivity index (χ0) is 15.6. The lowest BCUT2D eigenvalue weighted by Gasteiger charge is -2.51. The highest BCUT2D eigenvalue weighted by atomic mass is 16.5. The van der Waals surface area contributed by atoms with Gasteiger partial charge in [-0.3, -0.25) is 14.5 Å². The van der Waals surface area contributed by atoms with E-state index in [-0.39, 0.29) is 22.6 Å². The minimum absolute atomic E-state index is 0.0550. The van der Waals surface area contributed by atoms with Gasteiger partial charge in [-0.25, -0.2) is 0 Å². The van der Waals surface area contributed by atoms with Gasteiger partial charge in [-0.2, -0.15) is 0 Å². The van der Waals surface area contributed by atoms with Gasteiger partial charge >= 0.3 is 0 Å². The van der Waals surface area contributed by atoms with Crippen LogP contribution >= 0.6 is 0 Å². The molecule has 1 aromatic rings. The van der Waals surface area contributed by atoms with E-state index in [4.69, 9.17) is 4.74 Å².